The number of carbonyl (C=O) groups excluding carboxylic acids is 1. The summed E-state index contributed by atoms with van der Waals surface area (Å²) in [5, 5.41) is 3.47. The van der Waals surface area contributed by atoms with Crippen molar-refractivity contribution in [3.05, 3.63) is 0 Å². The number of esters is 1. The molecule has 148 valence electrons. The van der Waals surface area contributed by atoms with Gasteiger partial charge in [0.05, 0.1) is 13.0 Å². The van der Waals surface area contributed by atoms with Crippen LogP contribution in [0.15, 0.2) is 4.99 Å². The van der Waals surface area contributed by atoms with Gasteiger partial charge >= 0.3 is 5.97 Å². The van der Waals surface area contributed by atoms with Crippen molar-refractivity contribution >= 4 is 35.9 Å². The van der Waals surface area contributed by atoms with Gasteiger partial charge in [-0.05, 0) is 51.7 Å². The third-order valence-corrected chi connectivity index (χ3v) is 4.55. The van der Waals surface area contributed by atoms with Crippen LogP contribution in [0, 0.1) is 5.92 Å². The monoisotopic (exact) mass is 468 g/mol. The van der Waals surface area contributed by atoms with E-state index in [1.807, 2.05) is 7.05 Å². The quantitative estimate of drug-likeness (QED) is 0.185. The maximum atomic E-state index is 11.6. The molecule has 0 amide bonds. The van der Waals surface area contributed by atoms with E-state index >= 15 is 0 Å². The molecule has 1 aliphatic heterocycles. The third kappa shape index (κ3) is 9.08. The summed E-state index contributed by atoms with van der Waals surface area (Å²) in [6, 6.07) is 0. The zero-order chi connectivity index (χ0) is 17.8. The van der Waals surface area contributed by atoms with Crippen LogP contribution in [0.2, 0.25) is 0 Å². The van der Waals surface area contributed by atoms with Gasteiger partial charge in [-0.25, -0.2) is 0 Å². The molecular weight excluding hydrogens is 431 g/mol. The smallest absolute Gasteiger partial charge is 0.308 e. The predicted molar refractivity (Wildman–Crippen MR) is 115 cm³/mol. The number of rotatable bonds is 9. The number of hydrogen-bond donors (Lipinski definition) is 1. The molecule has 1 N–H and O–H groups in total. The molecule has 0 aromatic carbocycles. The molecule has 0 spiro atoms. The number of halogens is 1. The lowest BCUT2D eigenvalue weighted by Crippen LogP contribution is -2.47. The summed E-state index contributed by atoms with van der Waals surface area (Å²) in [4.78, 5) is 20.8. The van der Waals surface area contributed by atoms with E-state index in [1.165, 1.54) is 33.0 Å². The standard InChI is InChI=1S/C18H36N4O2.HI/c1-5-11-21(12-6-2)13-7-10-20-18(19-3)22-14-8-16(9-15-22)17(23)24-4;/h16H,5-15H2,1-4H3,(H,19,20);1H. The lowest BCUT2D eigenvalue weighted by Gasteiger charge is -2.33. The van der Waals surface area contributed by atoms with Crippen molar-refractivity contribution in [2.75, 3.05) is 53.4 Å². The minimum atomic E-state index is -0.0791. The average Bonchev–Trinajstić information content (AvgIpc) is 2.61. The minimum Gasteiger partial charge on any atom is -0.469 e. The lowest BCUT2D eigenvalue weighted by atomic mass is 9.97. The lowest BCUT2D eigenvalue weighted by molar-refractivity contribution is -0.146. The summed E-state index contributed by atoms with van der Waals surface area (Å²) in [6.07, 6.45) is 5.23. The second kappa shape index (κ2) is 14.6. The second-order valence-corrected chi connectivity index (χ2v) is 6.45. The summed E-state index contributed by atoms with van der Waals surface area (Å²) in [6.45, 7) is 10.6. The first-order valence-corrected chi connectivity index (χ1v) is 9.42. The summed E-state index contributed by atoms with van der Waals surface area (Å²) < 4.78 is 4.85. The van der Waals surface area contributed by atoms with E-state index in [4.69, 9.17) is 4.74 Å². The average molecular weight is 468 g/mol. The maximum absolute atomic E-state index is 11.6. The van der Waals surface area contributed by atoms with E-state index in [0.717, 1.165) is 51.4 Å². The van der Waals surface area contributed by atoms with Crippen molar-refractivity contribution in [3.63, 3.8) is 0 Å². The summed E-state index contributed by atoms with van der Waals surface area (Å²) in [5.74, 6) is 0.918. The van der Waals surface area contributed by atoms with Crippen LogP contribution < -0.4 is 5.32 Å². The SMILES string of the molecule is CCCN(CCC)CCCNC(=NC)N1CCC(C(=O)OC)CC1.I. The molecule has 0 unspecified atom stereocenters. The highest BCUT2D eigenvalue weighted by Crippen LogP contribution is 2.18. The first-order chi connectivity index (χ1) is 11.7. The van der Waals surface area contributed by atoms with Crippen molar-refractivity contribution in [1.29, 1.82) is 0 Å². The summed E-state index contributed by atoms with van der Waals surface area (Å²) in [5.41, 5.74) is 0. The molecule has 1 rings (SSSR count). The topological polar surface area (TPSA) is 57.2 Å². The molecule has 0 aliphatic carbocycles. The van der Waals surface area contributed by atoms with Gasteiger partial charge < -0.3 is 19.9 Å². The van der Waals surface area contributed by atoms with E-state index in [1.54, 1.807) is 0 Å². The van der Waals surface area contributed by atoms with E-state index in [2.05, 4.69) is 34.0 Å². The fraction of sp³-hybridized carbons (Fsp3) is 0.889. The Kier molecular flexibility index (Phi) is 14.3. The normalized spacial score (nSPS) is 15.9. The Morgan fingerprint density at radius 2 is 1.80 bits per heavy atom. The zero-order valence-electron chi connectivity index (χ0n) is 16.4. The van der Waals surface area contributed by atoms with E-state index in [-0.39, 0.29) is 35.9 Å². The van der Waals surface area contributed by atoms with Crippen LogP contribution in [0.4, 0.5) is 0 Å². The van der Waals surface area contributed by atoms with Gasteiger partial charge in [-0.3, -0.25) is 9.79 Å². The van der Waals surface area contributed by atoms with Gasteiger partial charge in [0.15, 0.2) is 5.96 Å². The Bertz CT molecular complexity index is 379. The molecule has 7 heteroatoms. The third-order valence-electron chi connectivity index (χ3n) is 4.55. The van der Waals surface area contributed by atoms with Crippen molar-refractivity contribution in [2.45, 2.75) is 46.0 Å². The highest BCUT2D eigenvalue weighted by molar-refractivity contribution is 14.0. The van der Waals surface area contributed by atoms with Gasteiger partial charge in [0.2, 0.25) is 0 Å². The fourth-order valence-corrected chi connectivity index (χ4v) is 3.30. The number of carbonyl (C=O) groups is 1. The van der Waals surface area contributed by atoms with Crippen LogP contribution in [-0.4, -0.2) is 75.2 Å². The molecule has 0 saturated carbocycles. The highest BCUT2D eigenvalue weighted by atomic mass is 127. The maximum Gasteiger partial charge on any atom is 0.308 e. The molecule has 0 radical (unpaired) electrons. The molecule has 1 aliphatic rings. The van der Waals surface area contributed by atoms with Crippen LogP contribution in [0.5, 0.6) is 0 Å². The van der Waals surface area contributed by atoms with Gasteiger partial charge in [-0.2, -0.15) is 0 Å². The fourth-order valence-electron chi connectivity index (χ4n) is 3.30. The van der Waals surface area contributed by atoms with Crippen LogP contribution in [0.1, 0.15) is 46.0 Å². The van der Waals surface area contributed by atoms with Crippen LogP contribution in [-0.2, 0) is 9.53 Å². The molecule has 25 heavy (non-hydrogen) atoms. The molecule has 0 atom stereocenters. The number of methoxy groups -OCH3 is 1. The summed E-state index contributed by atoms with van der Waals surface area (Å²) in [7, 11) is 3.30. The zero-order valence-corrected chi connectivity index (χ0v) is 18.8. The van der Waals surface area contributed by atoms with E-state index < -0.39 is 0 Å². The number of aliphatic imine (C=N–C) groups is 1. The first-order valence-electron chi connectivity index (χ1n) is 9.42. The number of guanidine groups is 1. The van der Waals surface area contributed by atoms with Crippen molar-refractivity contribution < 1.29 is 9.53 Å². The molecule has 0 aromatic rings. The van der Waals surface area contributed by atoms with Crippen LogP contribution in [0.3, 0.4) is 0 Å². The molecule has 0 aromatic heterocycles. The molecule has 1 heterocycles. The molecule has 1 saturated heterocycles. The Morgan fingerprint density at radius 1 is 1.20 bits per heavy atom. The van der Waals surface area contributed by atoms with Gasteiger partial charge in [-0.15, -0.1) is 24.0 Å². The number of likely N-dealkylation sites (tertiary alicyclic amines) is 1. The van der Waals surface area contributed by atoms with E-state index in [0.29, 0.717) is 0 Å². The largest absolute Gasteiger partial charge is 0.469 e. The predicted octanol–water partition coefficient (Wildman–Crippen LogP) is 2.58. The molecule has 0 bridgehead atoms. The Balaban J connectivity index is 0.00000576. The number of piperidine rings is 1. The van der Waals surface area contributed by atoms with Crippen molar-refractivity contribution in [1.82, 2.24) is 15.1 Å². The molecular formula is C18H37IN4O2. The van der Waals surface area contributed by atoms with Crippen LogP contribution >= 0.6 is 24.0 Å². The molecule has 6 nitrogen and oxygen atoms in total. The van der Waals surface area contributed by atoms with Crippen LogP contribution in [0.25, 0.3) is 0 Å². The second-order valence-electron chi connectivity index (χ2n) is 6.45. The number of nitrogens with zero attached hydrogens (tertiary/aromatic N) is 3. The van der Waals surface area contributed by atoms with E-state index in [9.17, 15) is 4.79 Å². The van der Waals surface area contributed by atoms with Gasteiger partial charge in [0.25, 0.3) is 0 Å². The minimum absolute atomic E-state index is 0. The number of nitrogens with one attached hydrogen (secondary N) is 1. The number of hydrogen-bond acceptors (Lipinski definition) is 4. The molecule has 1 fully saturated rings. The summed E-state index contributed by atoms with van der Waals surface area (Å²) >= 11 is 0. The Morgan fingerprint density at radius 3 is 2.28 bits per heavy atom. The number of ether oxygens (including phenoxy) is 1. The Labute approximate surface area is 170 Å². The first kappa shape index (κ1) is 24.4. The van der Waals surface area contributed by atoms with Crippen molar-refractivity contribution in [3.8, 4) is 0 Å². The van der Waals surface area contributed by atoms with Gasteiger partial charge in [0.1, 0.15) is 0 Å². The van der Waals surface area contributed by atoms with Crippen molar-refractivity contribution in [2.24, 2.45) is 10.9 Å². The highest BCUT2D eigenvalue weighted by Gasteiger charge is 2.26. The Hall–Kier alpha value is -0.570. The van der Waals surface area contributed by atoms with Gasteiger partial charge in [-0.1, -0.05) is 13.8 Å². The van der Waals surface area contributed by atoms with Gasteiger partial charge in [0, 0.05) is 26.7 Å².